The van der Waals surface area contributed by atoms with E-state index in [2.05, 4.69) is 17.2 Å². The van der Waals surface area contributed by atoms with Crippen LogP contribution in [-0.2, 0) is 4.79 Å². The Labute approximate surface area is 76.8 Å². The van der Waals surface area contributed by atoms with Gasteiger partial charge in [0.05, 0.1) is 0 Å². The third-order valence-corrected chi connectivity index (χ3v) is 1.26. The first-order valence-electron chi connectivity index (χ1n) is 4.01. The van der Waals surface area contributed by atoms with Gasteiger partial charge in [0.15, 0.2) is 0 Å². The molecule has 0 spiro atoms. The lowest BCUT2D eigenvalue weighted by Crippen LogP contribution is -2.36. The number of urea groups is 1. The molecule has 0 heterocycles. The van der Waals surface area contributed by atoms with Gasteiger partial charge >= 0.3 is 12.0 Å². The van der Waals surface area contributed by atoms with Gasteiger partial charge in [-0.1, -0.05) is 6.08 Å². The molecule has 0 radical (unpaired) electrons. The molecule has 0 unspecified atom stereocenters. The first-order chi connectivity index (χ1) is 6.16. The number of hydrogen-bond acceptors (Lipinski definition) is 2. The second-order valence-corrected chi connectivity index (χ2v) is 2.42. The molecule has 0 aromatic carbocycles. The van der Waals surface area contributed by atoms with Crippen LogP contribution in [0.3, 0.4) is 0 Å². The van der Waals surface area contributed by atoms with Gasteiger partial charge in [0.2, 0.25) is 0 Å². The Kier molecular flexibility index (Phi) is 6.31. The van der Waals surface area contributed by atoms with Crippen molar-refractivity contribution < 1.29 is 14.7 Å². The molecule has 0 bridgehead atoms. The van der Waals surface area contributed by atoms with Gasteiger partial charge in [-0.05, 0) is 6.42 Å². The number of carboxylic acid groups (broad SMARTS) is 1. The van der Waals surface area contributed by atoms with E-state index in [0.29, 0.717) is 19.5 Å². The van der Waals surface area contributed by atoms with Gasteiger partial charge in [0, 0.05) is 19.5 Å². The minimum Gasteiger partial charge on any atom is -0.481 e. The van der Waals surface area contributed by atoms with Crippen LogP contribution in [0.15, 0.2) is 12.7 Å². The zero-order valence-electron chi connectivity index (χ0n) is 7.38. The molecule has 0 saturated heterocycles. The zero-order valence-corrected chi connectivity index (χ0v) is 7.38. The molecule has 0 aliphatic rings. The van der Waals surface area contributed by atoms with E-state index in [1.54, 1.807) is 6.08 Å². The van der Waals surface area contributed by atoms with Crippen LogP contribution < -0.4 is 10.6 Å². The van der Waals surface area contributed by atoms with Crippen LogP contribution in [0, 0.1) is 0 Å². The van der Waals surface area contributed by atoms with Crippen LogP contribution in [0.25, 0.3) is 0 Å². The van der Waals surface area contributed by atoms with Crippen molar-refractivity contribution in [2.45, 2.75) is 12.8 Å². The summed E-state index contributed by atoms with van der Waals surface area (Å²) in [5, 5.41) is 13.3. The second kappa shape index (κ2) is 7.15. The summed E-state index contributed by atoms with van der Waals surface area (Å²) in [6.07, 6.45) is 2.08. The van der Waals surface area contributed by atoms with Crippen molar-refractivity contribution in [2.75, 3.05) is 13.1 Å². The molecule has 0 aromatic heterocycles. The lowest BCUT2D eigenvalue weighted by Gasteiger charge is -2.03. The van der Waals surface area contributed by atoms with Gasteiger partial charge in [-0.25, -0.2) is 4.79 Å². The lowest BCUT2D eigenvalue weighted by molar-refractivity contribution is -0.137. The molecule has 0 aliphatic carbocycles. The first kappa shape index (κ1) is 11.5. The summed E-state index contributed by atoms with van der Waals surface area (Å²) in [6, 6.07) is -0.301. The van der Waals surface area contributed by atoms with E-state index in [4.69, 9.17) is 5.11 Å². The van der Waals surface area contributed by atoms with E-state index in [1.165, 1.54) is 0 Å². The number of rotatable bonds is 6. The Morgan fingerprint density at radius 3 is 2.62 bits per heavy atom. The lowest BCUT2D eigenvalue weighted by atomic mass is 10.3. The molecule has 13 heavy (non-hydrogen) atoms. The Morgan fingerprint density at radius 2 is 2.08 bits per heavy atom. The van der Waals surface area contributed by atoms with E-state index < -0.39 is 5.97 Å². The Balaban J connectivity index is 3.26. The highest BCUT2D eigenvalue weighted by Gasteiger charge is 1.98. The molecule has 5 nitrogen and oxygen atoms in total. The monoisotopic (exact) mass is 186 g/mol. The smallest absolute Gasteiger partial charge is 0.315 e. The van der Waals surface area contributed by atoms with Crippen LogP contribution >= 0.6 is 0 Å². The highest BCUT2D eigenvalue weighted by molar-refractivity contribution is 5.74. The standard InChI is InChI=1S/C8H14N2O3/c1-2-5-9-8(13)10-6-3-4-7(11)12/h2H,1,3-6H2,(H,11,12)(H2,9,10,13). The van der Waals surface area contributed by atoms with Crippen molar-refractivity contribution in [3.63, 3.8) is 0 Å². The summed E-state index contributed by atoms with van der Waals surface area (Å²) in [6.45, 7) is 4.21. The van der Waals surface area contributed by atoms with Crippen LogP contribution in [-0.4, -0.2) is 30.2 Å². The molecule has 0 aromatic rings. The average Bonchev–Trinajstić information content (AvgIpc) is 2.08. The quantitative estimate of drug-likeness (QED) is 0.413. The van der Waals surface area contributed by atoms with Crippen molar-refractivity contribution in [3.05, 3.63) is 12.7 Å². The maximum Gasteiger partial charge on any atom is 0.315 e. The largest absolute Gasteiger partial charge is 0.481 e. The predicted octanol–water partition coefficient (Wildman–Crippen LogP) is 0.336. The van der Waals surface area contributed by atoms with Gasteiger partial charge < -0.3 is 15.7 Å². The van der Waals surface area contributed by atoms with Crippen LogP contribution in [0.4, 0.5) is 4.79 Å². The first-order valence-corrected chi connectivity index (χ1v) is 4.01. The number of carboxylic acids is 1. The predicted molar refractivity (Wildman–Crippen MR) is 48.5 cm³/mol. The highest BCUT2D eigenvalue weighted by atomic mass is 16.4. The summed E-state index contributed by atoms with van der Waals surface area (Å²) in [7, 11) is 0. The number of nitrogens with one attached hydrogen (secondary N) is 2. The molecule has 74 valence electrons. The van der Waals surface area contributed by atoms with E-state index in [0.717, 1.165) is 0 Å². The zero-order chi connectivity index (χ0) is 10.1. The van der Waals surface area contributed by atoms with Crippen molar-refractivity contribution >= 4 is 12.0 Å². The maximum absolute atomic E-state index is 10.8. The van der Waals surface area contributed by atoms with Gasteiger partial charge in [0.25, 0.3) is 0 Å². The number of amides is 2. The van der Waals surface area contributed by atoms with Crippen LogP contribution in [0.2, 0.25) is 0 Å². The van der Waals surface area contributed by atoms with Gasteiger partial charge in [-0.3, -0.25) is 4.79 Å². The molecule has 0 rings (SSSR count). The van der Waals surface area contributed by atoms with Crippen molar-refractivity contribution in [2.24, 2.45) is 0 Å². The summed E-state index contributed by atoms with van der Waals surface area (Å²) < 4.78 is 0. The number of hydrogen-bond donors (Lipinski definition) is 3. The second-order valence-electron chi connectivity index (χ2n) is 2.42. The third-order valence-electron chi connectivity index (χ3n) is 1.26. The third kappa shape index (κ3) is 8.39. The fourth-order valence-corrected chi connectivity index (χ4v) is 0.669. The number of carbonyl (C=O) groups is 2. The summed E-state index contributed by atoms with van der Waals surface area (Å²) >= 11 is 0. The molecule has 2 amide bonds. The fourth-order valence-electron chi connectivity index (χ4n) is 0.669. The van der Waals surface area contributed by atoms with Gasteiger partial charge in [-0.15, -0.1) is 6.58 Å². The van der Waals surface area contributed by atoms with E-state index in [-0.39, 0.29) is 12.5 Å². The van der Waals surface area contributed by atoms with E-state index >= 15 is 0 Å². The molecule has 0 fully saturated rings. The Morgan fingerprint density at radius 1 is 1.38 bits per heavy atom. The minimum atomic E-state index is -0.853. The molecule has 5 heteroatoms. The van der Waals surface area contributed by atoms with Crippen LogP contribution in [0.1, 0.15) is 12.8 Å². The maximum atomic E-state index is 10.8. The molecule has 3 N–H and O–H groups in total. The topological polar surface area (TPSA) is 78.4 Å². The molecular weight excluding hydrogens is 172 g/mol. The summed E-state index contributed by atoms with van der Waals surface area (Å²) in [4.78, 5) is 20.9. The molecule has 0 aliphatic heterocycles. The van der Waals surface area contributed by atoms with Gasteiger partial charge in [0.1, 0.15) is 0 Å². The number of carbonyl (C=O) groups excluding carboxylic acids is 1. The average molecular weight is 186 g/mol. The molecule has 0 atom stereocenters. The van der Waals surface area contributed by atoms with Gasteiger partial charge in [-0.2, -0.15) is 0 Å². The SMILES string of the molecule is C=CCNC(=O)NCCCC(=O)O. The fraction of sp³-hybridized carbons (Fsp3) is 0.500. The summed E-state index contributed by atoms with van der Waals surface area (Å²) in [5.74, 6) is -0.853. The van der Waals surface area contributed by atoms with Crippen molar-refractivity contribution in [3.8, 4) is 0 Å². The van der Waals surface area contributed by atoms with Crippen molar-refractivity contribution in [1.82, 2.24) is 10.6 Å². The highest BCUT2D eigenvalue weighted by Crippen LogP contribution is 1.85. The minimum absolute atomic E-state index is 0.0712. The molecule has 0 saturated carbocycles. The summed E-state index contributed by atoms with van der Waals surface area (Å²) in [5.41, 5.74) is 0. The van der Waals surface area contributed by atoms with Crippen LogP contribution in [0.5, 0.6) is 0 Å². The van der Waals surface area contributed by atoms with E-state index in [9.17, 15) is 9.59 Å². The van der Waals surface area contributed by atoms with Crippen molar-refractivity contribution in [1.29, 1.82) is 0 Å². The van der Waals surface area contributed by atoms with E-state index in [1.807, 2.05) is 0 Å². The normalized spacial score (nSPS) is 8.92. The Hall–Kier alpha value is -1.52. The number of aliphatic carboxylic acids is 1. The Bertz CT molecular complexity index is 192. The molecular formula is C8H14N2O3.